The molecule has 0 spiro atoms. The molecule has 0 aromatic rings. The molecule has 0 atom stereocenters. The standard InChI is InChI=1S/C12H20ClF/c1-4-6-8-10(3)12(13)9-11(14)7-5-2/h9H,4-8H2,1-3H3/b11-9+,12-10-. The van der Waals surface area contributed by atoms with Crippen LogP contribution in [0.5, 0.6) is 0 Å². The van der Waals surface area contributed by atoms with E-state index in [-0.39, 0.29) is 5.83 Å². The Bertz CT molecular complexity index is 216. The second-order valence-electron chi connectivity index (χ2n) is 3.57. The lowest BCUT2D eigenvalue weighted by atomic mass is 10.1. The van der Waals surface area contributed by atoms with Crippen LogP contribution in [0.25, 0.3) is 0 Å². The van der Waals surface area contributed by atoms with Crippen LogP contribution in [0.4, 0.5) is 4.39 Å². The molecule has 0 fully saturated rings. The van der Waals surface area contributed by atoms with Crippen molar-refractivity contribution in [3.05, 3.63) is 22.5 Å². The van der Waals surface area contributed by atoms with Crippen LogP contribution in [-0.4, -0.2) is 0 Å². The van der Waals surface area contributed by atoms with Gasteiger partial charge in [0.05, 0.1) is 0 Å². The van der Waals surface area contributed by atoms with Crippen LogP contribution in [0.15, 0.2) is 22.5 Å². The molecule has 0 radical (unpaired) electrons. The van der Waals surface area contributed by atoms with E-state index >= 15 is 0 Å². The fraction of sp³-hybridized carbons (Fsp3) is 0.667. The van der Waals surface area contributed by atoms with Gasteiger partial charge in [0.2, 0.25) is 0 Å². The van der Waals surface area contributed by atoms with Gasteiger partial charge >= 0.3 is 0 Å². The Morgan fingerprint density at radius 3 is 2.36 bits per heavy atom. The molecule has 0 aromatic heterocycles. The van der Waals surface area contributed by atoms with Gasteiger partial charge in [-0.25, -0.2) is 4.39 Å². The van der Waals surface area contributed by atoms with Gasteiger partial charge in [-0.1, -0.05) is 37.4 Å². The molecule has 0 aliphatic carbocycles. The molecule has 0 rings (SSSR count). The van der Waals surface area contributed by atoms with E-state index in [0.29, 0.717) is 11.5 Å². The summed E-state index contributed by atoms with van der Waals surface area (Å²) in [6.45, 7) is 6.05. The Balaban J connectivity index is 4.26. The summed E-state index contributed by atoms with van der Waals surface area (Å²) in [5.41, 5.74) is 1.08. The maximum absolute atomic E-state index is 13.1. The molecule has 0 aromatic carbocycles. The van der Waals surface area contributed by atoms with Crippen molar-refractivity contribution in [2.75, 3.05) is 0 Å². The molecule has 0 nitrogen and oxygen atoms in total. The smallest absolute Gasteiger partial charge is 0.101 e. The molecule has 0 saturated carbocycles. The zero-order valence-corrected chi connectivity index (χ0v) is 10.1. The number of hydrogen-bond donors (Lipinski definition) is 0. The van der Waals surface area contributed by atoms with E-state index in [1.807, 2.05) is 13.8 Å². The summed E-state index contributed by atoms with van der Waals surface area (Å²) < 4.78 is 13.1. The van der Waals surface area contributed by atoms with Gasteiger partial charge in [-0.15, -0.1) is 0 Å². The van der Waals surface area contributed by atoms with Gasteiger partial charge in [0.1, 0.15) is 5.83 Å². The Kier molecular flexibility index (Phi) is 7.87. The van der Waals surface area contributed by atoms with Crippen LogP contribution in [0, 0.1) is 0 Å². The van der Waals surface area contributed by atoms with Crippen LogP contribution in [0.1, 0.15) is 52.9 Å². The minimum absolute atomic E-state index is 0.117. The fourth-order valence-corrected chi connectivity index (χ4v) is 1.35. The van der Waals surface area contributed by atoms with Gasteiger partial charge in [-0.2, -0.15) is 0 Å². The first kappa shape index (κ1) is 13.7. The topological polar surface area (TPSA) is 0 Å². The molecule has 0 saturated heterocycles. The number of halogens is 2. The third-order valence-corrected chi connectivity index (χ3v) is 2.52. The molecule has 2 heteroatoms. The SMILES string of the molecule is CCCC/C(C)=C(Cl)/C=C(/F)CCC. The summed E-state index contributed by atoms with van der Waals surface area (Å²) in [6.07, 6.45) is 5.98. The van der Waals surface area contributed by atoms with Crippen molar-refractivity contribution in [2.24, 2.45) is 0 Å². The van der Waals surface area contributed by atoms with Crippen molar-refractivity contribution in [3.63, 3.8) is 0 Å². The predicted octanol–water partition coefficient (Wildman–Crippen LogP) is 5.34. The molecule has 0 heterocycles. The zero-order valence-electron chi connectivity index (χ0n) is 9.37. The first-order valence-electron chi connectivity index (χ1n) is 5.33. The summed E-state index contributed by atoms with van der Waals surface area (Å²) in [7, 11) is 0. The Morgan fingerprint density at radius 1 is 1.21 bits per heavy atom. The van der Waals surface area contributed by atoms with E-state index in [1.165, 1.54) is 6.08 Å². The highest BCUT2D eigenvalue weighted by Gasteiger charge is 1.99. The second kappa shape index (κ2) is 8.05. The molecular weight excluding hydrogens is 199 g/mol. The van der Waals surface area contributed by atoms with Crippen LogP contribution in [0.3, 0.4) is 0 Å². The van der Waals surface area contributed by atoms with Gasteiger partial charge in [0, 0.05) is 5.03 Å². The number of unbranched alkanes of at least 4 members (excludes halogenated alkanes) is 1. The van der Waals surface area contributed by atoms with Gasteiger partial charge in [-0.05, 0) is 38.7 Å². The molecule has 0 unspecified atom stereocenters. The predicted molar refractivity (Wildman–Crippen MR) is 62.2 cm³/mol. The molecule has 14 heavy (non-hydrogen) atoms. The number of allylic oxidation sites excluding steroid dienone is 4. The molecule has 0 aliphatic rings. The minimum atomic E-state index is -0.117. The molecule has 82 valence electrons. The van der Waals surface area contributed by atoms with E-state index in [9.17, 15) is 4.39 Å². The van der Waals surface area contributed by atoms with Crippen molar-refractivity contribution in [1.82, 2.24) is 0 Å². The van der Waals surface area contributed by atoms with E-state index < -0.39 is 0 Å². The Morgan fingerprint density at radius 2 is 1.86 bits per heavy atom. The molecular formula is C12H20ClF. The summed E-state index contributed by atoms with van der Waals surface area (Å²) in [6, 6.07) is 0. The first-order chi connectivity index (χ1) is 6.61. The third-order valence-electron chi connectivity index (χ3n) is 2.09. The minimum Gasteiger partial charge on any atom is -0.212 e. The van der Waals surface area contributed by atoms with Gasteiger partial charge in [-0.3, -0.25) is 0 Å². The molecule has 0 bridgehead atoms. The summed E-state index contributed by atoms with van der Waals surface area (Å²) >= 11 is 5.96. The maximum atomic E-state index is 13.1. The fourth-order valence-electron chi connectivity index (χ4n) is 1.13. The lowest BCUT2D eigenvalue weighted by Gasteiger charge is -2.01. The highest BCUT2D eigenvalue weighted by atomic mass is 35.5. The van der Waals surface area contributed by atoms with Crippen molar-refractivity contribution < 1.29 is 4.39 Å². The van der Waals surface area contributed by atoms with E-state index in [2.05, 4.69) is 6.92 Å². The van der Waals surface area contributed by atoms with Crippen LogP contribution >= 0.6 is 11.6 Å². The maximum Gasteiger partial charge on any atom is 0.101 e. The van der Waals surface area contributed by atoms with Crippen LogP contribution in [-0.2, 0) is 0 Å². The third kappa shape index (κ3) is 6.20. The average Bonchev–Trinajstić information content (AvgIpc) is 2.14. The average molecular weight is 219 g/mol. The monoisotopic (exact) mass is 218 g/mol. The van der Waals surface area contributed by atoms with Crippen molar-refractivity contribution in [1.29, 1.82) is 0 Å². The molecule has 0 amide bonds. The van der Waals surface area contributed by atoms with E-state index in [1.54, 1.807) is 0 Å². The van der Waals surface area contributed by atoms with Crippen molar-refractivity contribution in [2.45, 2.75) is 52.9 Å². The summed E-state index contributed by atoms with van der Waals surface area (Å²) in [5.74, 6) is -0.117. The first-order valence-corrected chi connectivity index (χ1v) is 5.70. The second-order valence-corrected chi connectivity index (χ2v) is 3.98. The lowest BCUT2D eigenvalue weighted by Crippen LogP contribution is -1.82. The van der Waals surface area contributed by atoms with Gasteiger partial charge < -0.3 is 0 Å². The quantitative estimate of drug-likeness (QED) is 0.528. The molecule has 0 N–H and O–H groups in total. The normalized spacial score (nSPS) is 14.2. The van der Waals surface area contributed by atoms with E-state index in [4.69, 9.17) is 11.6 Å². The Hall–Kier alpha value is -0.300. The largest absolute Gasteiger partial charge is 0.212 e. The summed E-state index contributed by atoms with van der Waals surface area (Å²) in [5, 5.41) is 0.574. The van der Waals surface area contributed by atoms with E-state index in [0.717, 1.165) is 31.3 Å². The van der Waals surface area contributed by atoms with Crippen LogP contribution in [0.2, 0.25) is 0 Å². The highest BCUT2D eigenvalue weighted by Crippen LogP contribution is 2.20. The number of hydrogen-bond acceptors (Lipinski definition) is 0. The van der Waals surface area contributed by atoms with Gasteiger partial charge in [0.25, 0.3) is 0 Å². The number of rotatable bonds is 6. The summed E-state index contributed by atoms with van der Waals surface area (Å²) in [4.78, 5) is 0. The lowest BCUT2D eigenvalue weighted by molar-refractivity contribution is 0.583. The molecule has 0 aliphatic heterocycles. The zero-order chi connectivity index (χ0) is 11.0. The highest BCUT2D eigenvalue weighted by molar-refractivity contribution is 6.31. The van der Waals surface area contributed by atoms with Crippen molar-refractivity contribution >= 4 is 11.6 Å². The van der Waals surface area contributed by atoms with Crippen molar-refractivity contribution in [3.8, 4) is 0 Å². The van der Waals surface area contributed by atoms with Crippen LogP contribution < -0.4 is 0 Å². The Labute approximate surface area is 91.8 Å². The van der Waals surface area contributed by atoms with Gasteiger partial charge in [0.15, 0.2) is 0 Å².